The summed E-state index contributed by atoms with van der Waals surface area (Å²) in [4.78, 5) is 27.6. The van der Waals surface area contributed by atoms with Gasteiger partial charge in [0.25, 0.3) is 5.91 Å². The Kier molecular flexibility index (Phi) is 6.13. The van der Waals surface area contributed by atoms with Crippen LogP contribution in [0.1, 0.15) is 29.1 Å². The maximum Gasteiger partial charge on any atom is 0.296 e. The average Bonchev–Trinajstić information content (AvgIpc) is 3.34. The summed E-state index contributed by atoms with van der Waals surface area (Å²) in [6.07, 6.45) is 3.01. The second kappa shape index (κ2) is 9.15. The standard InChI is InChI=1S/C24H21N3O4S/c1-3-31-18-11-7-10-17(14-18)21-20(19(28)13-12-16-8-5-4-6-9-16)22(29)23(30)27(21)24-26-25-15(2)32-24/h4-14,21,29H,3H2,1-2H3. The second-order valence-corrected chi connectivity index (χ2v) is 8.22. The van der Waals surface area contributed by atoms with E-state index in [1.165, 1.54) is 22.3 Å². The molecule has 0 bridgehead atoms. The first-order valence-corrected chi connectivity index (χ1v) is 10.9. The highest BCUT2D eigenvalue weighted by atomic mass is 32.1. The monoisotopic (exact) mass is 447 g/mol. The number of carbonyl (C=O) groups is 2. The Balaban J connectivity index is 1.79. The Hall–Kier alpha value is -3.78. The van der Waals surface area contributed by atoms with E-state index in [-0.39, 0.29) is 5.57 Å². The Morgan fingerprint density at radius 3 is 2.66 bits per heavy atom. The van der Waals surface area contributed by atoms with Crippen LogP contribution in [0.2, 0.25) is 0 Å². The van der Waals surface area contributed by atoms with Gasteiger partial charge in [0.1, 0.15) is 10.8 Å². The number of ether oxygens (including phenoxy) is 1. The summed E-state index contributed by atoms with van der Waals surface area (Å²) in [5.74, 6) is -1.14. The van der Waals surface area contributed by atoms with Gasteiger partial charge >= 0.3 is 0 Å². The molecule has 0 saturated carbocycles. The SMILES string of the molecule is CCOc1cccc(C2C(C(=O)C=Cc3ccccc3)=C(O)C(=O)N2c2nnc(C)s2)c1. The lowest BCUT2D eigenvalue weighted by Gasteiger charge is -2.24. The number of anilines is 1. The summed E-state index contributed by atoms with van der Waals surface area (Å²) < 4.78 is 5.60. The van der Waals surface area contributed by atoms with Crippen LogP contribution in [0.15, 0.2) is 72.0 Å². The summed E-state index contributed by atoms with van der Waals surface area (Å²) in [6, 6.07) is 15.6. The van der Waals surface area contributed by atoms with Gasteiger partial charge in [0.15, 0.2) is 11.5 Å². The van der Waals surface area contributed by atoms with Crippen molar-refractivity contribution in [1.82, 2.24) is 10.2 Å². The molecule has 0 spiro atoms. The highest BCUT2D eigenvalue weighted by Gasteiger charge is 2.45. The fourth-order valence-electron chi connectivity index (χ4n) is 3.52. The number of hydrogen-bond donors (Lipinski definition) is 1. The molecule has 3 aromatic rings. The molecule has 1 unspecified atom stereocenters. The first-order valence-electron chi connectivity index (χ1n) is 10.1. The molecule has 0 fully saturated rings. The number of aromatic nitrogens is 2. The molecule has 8 heteroatoms. The minimum Gasteiger partial charge on any atom is -0.503 e. The van der Waals surface area contributed by atoms with E-state index < -0.39 is 23.5 Å². The Labute approximate surface area is 189 Å². The summed E-state index contributed by atoms with van der Waals surface area (Å²) >= 11 is 1.21. The maximum absolute atomic E-state index is 13.2. The minimum atomic E-state index is -0.858. The Morgan fingerprint density at radius 2 is 1.97 bits per heavy atom. The van der Waals surface area contributed by atoms with Crippen LogP contribution in [0.25, 0.3) is 6.08 Å². The molecule has 1 aliphatic rings. The van der Waals surface area contributed by atoms with E-state index >= 15 is 0 Å². The van der Waals surface area contributed by atoms with Crippen LogP contribution in [-0.4, -0.2) is 33.6 Å². The van der Waals surface area contributed by atoms with E-state index in [1.807, 2.05) is 37.3 Å². The number of amides is 1. The number of benzene rings is 2. The van der Waals surface area contributed by atoms with E-state index in [1.54, 1.807) is 37.3 Å². The van der Waals surface area contributed by atoms with Gasteiger partial charge in [-0.25, -0.2) is 0 Å². The second-order valence-electron chi connectivity index (χ2n) is 7.06. The lowest BCUT2D eigenvalue weighted by Crippen LogP contribution is -2.30. The number of rotatable bonds is 7. The normalized spacial score (nSPS) is 16.2. The van der Waals surface area contributed by atoms with Crippen molar-refractivity contribution < 1.29 is 19.4 Å². The molecule has 2 aromatic carbocycles. The van der Waals surface area contributed by atoms with Crippen LogP contribution in [0.3, 0.4) is 0 Å². The number of carbonyl (C=O) groups excluding carboxylic acids is 2. The summed E-state index contributed by atoms with van der Waals surface area (Å²) in [7, 11) is 0. The molecule has 4 rings (SSSR count). The van der Waals surface area contributed by atoms with Crippen molar-refractivity contribution in [3.8, 4) is 5.75 Å². The number of ketones is 1. The van der Waals surface area contributed by atoms with Crippen molar-refractivity contribution in [3.63, 3.8) is 0 Å². The van der Waals surface area contributed by atoms with Crippen molar-refractivity contribution in [1.29, 1.82) is 0 Å². The van der Waals surface area contributed by atoms with E-state index in [4.69, 9.17) is 4.74 Å². The van der Waals surface area contributed by atoms with E-state index in [9.17, 15) is 14.7 Å². The molecule has 1 amide bonds. The van der Waals surface area contributed by atoms with Gasteiger partial charge in [0, 0.05) is 0 Å². The third kappa shape index (κ3) is 4.17. The average molecular weight is 448 g/mol. The van der Waals surface area contributed by atoms with Gasteiger partial charge in [0.05, 0.1) is 18.2 Å². The zero-order chi connectivity index (χ0) is 22.7. The molecule has 0 radical (unpaired) electrons. The number of allylic oxidation sites excluding steroid dienone is 1. The highest BCUT2D eigenvalue weighted by Crippen LogP contribution is 2.42. The van der Waals surface area contributed by atoms with Gasteiger partial charge in [-0.2, -0.15) is 0 Å². The molecule has 7 nitrogen and oxygen atoms in total. The van der Waals surface area contributed by atoms with Gasteiger partial charge in [-0.15, -0.1) is 10.2 Å². The molecule has 2 heterocycles. The number of aliphatic hydroxyl groups is 1. The molecule has 0 saturated heterocycles. The first-order chi connectivity index (χ1) is 15.5. The fourth-order valence-corrected chi connectivity index (χ4v) is 4.23. The maximum atomic E-state index is 13.2. The zero-order valence-electron chi connectivity index (χ0n) is 17.6. The molecular weight excluding hydrogens is 426 g/mol. The largest absolute Gasteiger partial charge is 0.503 e. The number of hydrogen-bond acceptors (Lipinski definition) is 7. The van der Waals surface area contributed by atoms with Crippen LogP contribution in [0, 0.1) is 6.92 Å². The molecule has 0 aliphatic carbocycles. The molecule has 1 aromatic heterocycles. The number of aryl methyl sites for hydroxylation is 1. The number of nitrogens with zero attached hydrogens (tertiary/aromatic N) is 3. The van der Waals surface area contributed by atoms with Crippen LogP contribution < -0.4 is 9.64 Å². The van der Waals surface area contributed by atoms with Crippen LogP contribution in [-0.2, 0) is 9.59 Å². The molecule has 1 atom stereocenters. The zero-order valence-corrected chi connectivity index (χ0v) is 18.4. The summed E-state index contributed by atoms with van der Waals surface area (Å²) in [6.45, 7) is 4.12. The highest BCUT2D eigenvalue weighted by molar-refractivity contribution is 7.15. The Morgan fingerprint density at radius 1 is 1.19 bits per heavy atom. The van der Waals surface area contributed by atoms with Crippen molar-refractivity contribution in [2.45, 2.75) is 19.9 Å². The predicted octanol–water partition coefficient (Wildman–Crippen LogP) is 4.43. The molecule has 162 valence electrons. The minimum absolute atomic E-state index is 0.0105. The van der Waals surface area contributed by atoms with Crippen LogP contribution >= 0.6 is 11.3 Å². The Bertz CT molecular complexity index is 1220. The predicted molar refractivity (Wildman–Crippen MR) is 123 cm³/mol. The lowest BCUT2D eigenvalue weighted by atomic mass is 9.95. The third-order valence-electron chi connectivity index (χ3n) is 4.91. The molecule has 1 N–H and O–H groups in total. The molecule has 32 heavy (non-hydrogen) atoms. The van der Waals surface area contributed by atoms with Crippen molar-refractivity contribution in [2.75, 3.05) is 11.5 Å². The smallest absolute Gasteiger partial charge is 0.296 e. The van der Waals surface area contributed by atoms with Gasteiger partial charge in [0.2, 0.25) is 5.13 Å². The van der Waals surface area contributed by atoms with Crippen molar-refractivity contribution >= 4 is 34.2 Å². The fraction of sp³-hybridized carbons (Fsp3) is 0.167. The van der Waals surface area contributed by atoms with Crippen molar-refractivity contribution in [3.05, 3.63) is 88.1 Å². The van der Waals surface area contributed by atoms with Crippen LogP contribution in [0.4, 0.5) is 5.13 Å². The van der Waals surface area contributed by atoms with Gasteiger partial charge in [-0.3, -0.25) is 14.5 Å². The van der Waals surface area contributed by atoms with E-state index in [2.05, 4.69) is 10.2 Å². The van der Waals surface area contributed by atoms with Gasteiger partial charge < -0.3 is 9.84 Å². The molecular formula is C24H21N3O4S. The van der Waals surface area contributed by atoms with Gasteiger partial charge in [-0.05, 0) is 43.2 Å². The lowest BCUT2D eigenvalue weighted by molar-refractivity contribution is -0.117. The van der Waals surface area contributed by atoms with Crippen molar-refractivity contribution in [2.24, 2.45) is 0 Å². The topological polar surface area (TPSA) is 92.6 Å². The van der Waals surface area contributed by atoms with Gasteiger partial charge in [-0.1, -0.05) is 59.9 Å². The third-order valence-corrected chi connectivity index (χ3v) is 5.74. The number of aliphatic hydroxyl groups excluding tert-OH is 1. The molecule has 1 aliphatic heterocycles. The summed E-state index contributed by atoms with van der Waals surface area (Å²) in [5, 5.41) is 19.8. The quantitative estimate of drug-likeness (QED) is 0.539. The van der Waals surface area contributed by atoms with E-state index in [0.29, 0.717) is 28.1 Å². The summed E-state index contributed by atoms with van der Waals surface area (Å²) in [5.41, 5.74) is 1.44. The van der Waals surface area contributed by atoms with E-state index in [0.717, 1.165) is 5.56 Å². The first kappa shape index (κ1) is 21.5. The van der Waals surface area contributed by atoms with Crippen LogP contribution in [0.5, 0.6) is 5.75 Å².